The van der Waals surface area contributed by atoms with Gasteiger partial charge < -0.3 is 5.32 Å². The summed E-state index contributed by atoms with van der Waals surface area (Å²) in [4.78, 5) is 0. The molecule has 2 aromatic rings. The zero-order valence-corrected chi connectivity index (χ0v) is 10.7. The molecule has 0 aromatic heterocycles. The molecule has 0 aliphatic carbocycles. The lowest BCUT2D eigenvalue weighted by atomic mass is 10.1. The molecule has 1 N–H and O–H groups in total. The van der Waals surface area contributed by atoms with E-state index in [0.29, 0.717) is 5.56 Å². The molecule has 0 saturated carbocycles. The standard InChI is InChI=1S/C15H14F3N/c1-9-5-3-8-13(18)15(9)19-10(2)14-11(16)6-4-7-12(14)17/h3-8,10,19H,1-2H3. The Labute approximate surface area is 110 Å². The zero-order chi connectivity index (χ0) is 14.0. The van der Waals surface area contributed by atoms with Crippen molar-refractivity contribution in [2.45, 2.75) is 19.9 Å². The van der Waals surface area contributed by atoms with Gasteiger partial charge in [-0.3, -0.25) is 0 Å². The zero-order valence-electron chi connectivity index (χ0n) is 10.7. The summed E-state index contributed by atoms with van der Waals surface area (Å²) in [5.41, 5.74) is 0.853. The van der Waals surface area contributed by atoms with E-state index in [1.165, 1.54) is 24.3 Å². The van der Waals surface area contributed by atoms with Gasteiger partial charge in [0.1, 0.15) is 17.5 Å². The van der Waals surface area contributed by atoms with Gasteiger partial charge in [0.2, 0.25) is 0 Å². The van der Waals surface area contributed by atoms with Crippen LogP contribution in [0.25, 0.3) is 0 Å². The molecule has 0 saturated heterocycles. The molecular weight excluding hydrogens is 251 g/mol. The van der Waals surface area contributed by atoms with Gasteiger partial charge in [-0.2, -0.15) is 0 Å². The maximum Gasteiger partial charge on any atom is 0.146 e. The van der Waals surface area contributed by atoms with E-state index >= 15 is 0 Å². The van der Waals surface area contributed by atoms with Crippen LogP contribution in [-0.4, -0.2) is 0 Å². The third-order valence-corrected chi connectivity index (χ3v) is 3.02. The second-order valence-electron chi connectivity index (χ2n) is 4.43. The number of hydrogen-bond donors (Lipinski definition) is 1. The van der Waals surface area contributed by atoms with Crippen molar-refractivity contribution in [2.75, 3.05) is 5.32 Å². The Bertz CT molecular complexity index is 555. The minimum atomic E-state index is -0.670. The van der Waals surface area contributed by atoms with Gasteiger partial charge >= 0.3 is 0 Å². The summed E-state index contributed by atoms with van der Waals surface area (Å²) in [6, 6.07) is 7.63. The topological polar surface area (TPSA) is 12.0 Å². The second kappa shape index (κ2) is 5.34. The molecule has 0 aliphatic rings. The van der Waals surface area contributed by atoms with E-state index in [1.54, 1.807) is 26.0 Å². The first-order valence-electron chi connectivity index (χ1n) is 5.96. The third kappa shape index (κ3) is 2.72. The summed E-state index contributed by atoms with van der Waals surface area (Å²) in [6.07, 6.45) is 0. The van der Waals surface area contributed by atoms with Crippen LogP contribution < -0.4 is 5.32 Å². The highest BCUT2D eigenvalue weighted by atomic mass is 19.1. The lowest BCUT2D eigenvalue weighted by Gasteiger charge is -2.19. The van der Waals surface area contributed by atoms with E-state index in [-0.39, 0.29) is 11.3 Å². The highest BCUT2D eigenvalue weighted by Gasteiger charge is 2.17. The lowest BCUT2D eigenvalue weighted by Crippen LogP contribution is -2.12. The molecule has 1 atom stereocenters. The maximum absolute atomic E-state index is 13.7. The summed E-state index contributed by atoms with van der Waals surface area (Å²) in [7, 11) is 0. The van der Waals surface area contributed by atoms with E-state index in [4.69, 9.17) is 0 Å². The van der Waals surface area contributed by atoms with Crippen molar-refractivity contribution in [1.29, 1.82) is 0 Å². The molecule has 0 spiro atoms. The summed E-state index contributed by atoms with van der Waals surface area (Å²) in [5.74, 6) is -1.73. The van der Waals surface area contributed by atoms with Crippen molar-refractivity contribution in [3.05, 3.63) is 65.0 Å². The van der Waals surface area contributed by atoms with Crippen molar-refractivity contribution in [2.24, 2.45) is 0 Å². The summed E-state index contributed by atoms with van der Waals surface area (Å²) < 4.78 is 40.9. The van der Waals surface area contributed by atoms with Crippen LogP contribution in [0.2, 0.25) is 0 Å². The van der Waals surface area contributed by atoms with Crippen LogP contribution in [0.1, 0.15) is 24.1 Å². The smallest absolute Gasteiger partial charge is 0.146 e. The number of halogens is 3. The van der Waals surface area contributed by atoms with Crippen LogP contribution in [0.5, 0.6) is 0 Å². The van der Waals surface area contributed by atoms with Crippen LogP contribution in [0.15, 0.2) is 36.4 Å². The Morgan fingerprint density at radius 3 is 2.00 bits per heavy atom. The molecule has 0 heterocycles. The molecule has 19 heavy (non-hydrogen) atoms. The molecule has 0 aliphatic heterocycles. The molecule has 1 nitrogen and oxygen atoms in total. The van der Waals surface area contributed by atoms with Crippen LogP contribution in [0.3, 0.4) is 0 Å². The minimum absolute atomic E-state index is 0.0925. The molecule has 2 aromatic carbocycles. The van der Waals surface area contributed by atoms with Crippen LogP contribution in [0, 0.1) is 24.4 Å². The largest absolute Gasteiger partial charge is 0.376 e. The van der Waals surface area contributed by atoms with Crippen LogP contribution in [0.4, 0.5) is 18.9 Å². The molecular formula is C15H14F3N. The van der Waals surface area contributed by atoms with Gasteiger partial charge in [0, 0.05) is 5.56 Å². The summed E-state index contributed by atoms with van der Waals surface area (Å²) in [6.45, 7) is 3.32. The number of aryl methyl sites for hydroxylation is 1. The molecule has 100 valence electrons. The average Bonchev–Trinajstić information content (AvgIpc) is 2.34. The number of benzene rings is 2. The van der Waals surface area contributed by atoms with Gasteiger partial charge in [-0.1, -0.05) is 18.2 Å². The van der Waals surface area contributed by atoms with Gasteiger partial charge in [0.25, 0.3) is 0 Å². The van der Waals surface area contributed by atoms with E-state index in [1.807, 2.05) is 0 Å². The Balaban J connectivity index is 2.34. The first-order chi connectivity index (χ1) is 9.00. The predicted molar refractivity (Wildman–Crippen MR) is 69.5 cm³/mol. The predicted octanol–water partition coefficient (Wildman–Crippen LogP) is 4.59. The molecule has 0 fully saturated rings. The van der Waals surface area contributed by atoms with Crippen molar-refractivity contribution in [3.8, 4) is 0 Å². The molecule has 0 bridgehead atoms. The lowest BCUT2D eigenvalue weighted by molar-refractivity contribution is 0.542. The maximum atomic E-state index is 13.7. The molecule has 1 unspecified atom stereocenters. The Hall–Kier alpha value is -1.97. The Morgan fingerprint density at radius 1 is 0.895 bits per heavy atom. The van der Waals surface area contributed by atoms with Gasteiger partial charge in [-0.15, -0.1) is 0 Å². The van der Waals surface area contributed by atoms with Crippen molar-refractivity contribution in [1.82, 2.24) is 0 Å². The van der Waals surface area contributed by atoms with Crippen LogP contribution in [-0.2, 0) is 0 Å². The fourth-order valence-corrected chi connectivity index (χ4v) is 2.03. The number of anilines is 1. The number of nitrogens with one attached hydrogen (secondary N) is 1. The summed E-state index contributed by atoms with van der Waals surface area (Å²) >= 11 is 0. The highest BCUT2D eigenvalue weighted by molar-refractivity contribution is 5.53. The number of hydrogen-bond acceptors (Lipinski definition) is 1. The van der Waals surface area contributed by atoms with Crippen molar-refractivity contribution in [3.63, 3.8) is 0 Å². The quantitative estimate of drug-likeness (QED) is 0.856. The second-order valence-corrected chi connectivity index (χ2v) is 4.43. The number of rotatable bonds is 3. The third-order valence-electron chi connectivity index (χ3n) is 3.02. The Morgan fingerprint density at radius 2 is 1.42 bits per heavy atom. The fraction of sp³-hybridized carbons (Fsp3) is 0.200. The van der Waals surface area contributed by atoms with Gasteiger partial charge in [0.05, 0.1) is 11.7 Å². The summed E-state index contributed by atoms with van der Waals surface area (Å²) in [5, 5.41) is 2.82. The Kier molecular flexibility index (Phi) is 3.79. The molecule has 0 amide bonds. The van der Waals surface area contributed by atoms with Gasteiger partial charge in [-0.05, 0) is 37.6 Å². The van der Waals surface area contributed by atoms with Crippen molar-refractivity contribution >= 4 is 5.69 Å². The highest BCUT2D eigenvalue weighted by Crippen LogP contribution is 2.27. The van der Waals surface area contributed by atoms with Gasteiger partial charge in [0.15, 0.2) is 0 Å². The van der Waals surface area contributed by atoms with E-state index in [9.17, 15) is 13.2 Å². The first-order valence-corrected chi connectivity index (χ1v) is 5.96. The SMILES string of the molecule is Cc1cccc(F)c1NC(C)c1c(F)cccc1F. The van der Waals surface area contributed by atoms with E-state index in [0.717, 1.165) is 0 Å². The fourth-order valence-electron chi connectivity index (χ4n) is 2.03. The molecule has 4 heteroatoms. The van der Waals surface area contributed by atoms with Crippen molar-refractivity contribution < 1.29 is 13.2 Å². The average molecular weight is 265 g/mol. The van der Waals surface area contributed by atoms with E-state index in [2.05, 4.69) is 5.32 Å². The van der Waals surface area contributed by atoms with Gasteiger partial charge in [-0.25, -0.2) is 13.2 Å². The normalized spacial score (nSPS) is 12.3. The van der Waals surface area contributed by atoms with E-state index < -0.39 is 23.5 Å². The van der Waals surface area contributed by atoms with Crippen LogP contribution >= 0.6 is 0 Å². The monoisotopic (exact) mass is 265 g/mol. The minimum Gasteiger partial charge on any atom is -0.376 e. The number of para-hydroxylation sites is 1. The molecule has 2 rings (SSSR count). The first kappa shape index (κ1) is 13.5. The molecule has 0 radical (unpaired) electrons.